The van der Waals surface area contributed by atoms with Crippen LogP contribution in [0, 0.1) is 12.8 Å². The number of nitrogens with zero attached hydrogens (tertiary/aromatic N) is 2. The van der Waals surface area contributed by atoms with Gasteiger partial charge >= 0.3 is 5.97 Å². The Morgan fingerprint density at radius 3 is 2.95 bits per heavy atom. The molecule has 5 nitrogen and oxygen atoms in total. The van der Waals surface area contributed by atoms with Crippen LogP contribution in [0.5, 0.6) is 5.88 Å². The molecule has 2 aromatic heterocycles. The van der Waals surface area contributed by atoms with Crippen LogP contribution in [0.4, 0.5) is 0 Å². The lowest BCUT2D eigenvalue weighted by Crippen LogP contribution is -2.24. The van der Waals surface area contributed by atoms with Gasteiger partial charge in [0.1, 0.15) is 22.1 Å². The van der Waals surface area contributed by atoms with E-state index in [-0.39, 0.29) is 6.10 Å². The van der Waals surface area contributed by atoms with E-state index in [1.54, 1.807) is 6.92 Å². The molecule has 21 heavy (non-hydrogen) atoms. The third-order valence-corrected chi connectivity index (χ3v) is 5.24. The Morgan fingerprint density at radius 2 is 2.24 bits per heavy atom. The largest absolute Gasteiger partial charge is 0.477 e. The van der Waals surface area contributed by atoms with Crippen molar-refractivity contribution in [3.63, 3.8) is 0 Å². The second-order valence-electron chi connectivity index (χ2n) is 5.73. The zero-order chi connectivity index (χ0) is 15.0. The number of hydrogen-bond donors (Lipinski definition) is 1. The van der Waals surface area contributed by atoms with Gasteiger partial charge in [-0.15, -0.1) is 11.3 Å². The molecule has 3 rings (SSSR count). The van der Waals surface area contributed by atoms with E-state index >= 15 is 0 Å². The SMILES string of the molecule is Cc1c(C(=O)O)sc2ncnc(OC3CCCC(C)C3)c12. The Morgan fingerprint density at radius 1 is 1.43 bits per heavy atom. The van der Waals surface area contributed by atoms with Gasteiger partial charge in [0.05, 0.1) is 5.39 Å². The molecule has 0 spiro atoms. The molecular formula is C15H18N2O3S. The number of fused-ring (bicyclic) bond motifs is 1. The molecule has 0 aliphatic heterocycles. The normalized spacial score (nSPS) is 22.4. The van der Waals surface area contributed by atoms with Crippen molar-refractivity contribution in [3.8, 4) is 5.88 Å². The fourth-order valence-corrected chi connectivity index (χ4v) is 3.95. The summed E-state index contributed by atoms with van der Waals surface area (Å²) >= 11 is 1.18. The fourth-order valence-electron chi connectivity index (χ4n) is 2.98. The van der Waals surface area contributed by atoms with Gasteiger partial charge in [-0.05, 0) is 37.7 Å². The first-order valence-electron chi connectivity index (χ1n) is 7.20. The van der Waals surface area contributed by atoms with Gasteiger partial charge in [-0.1, -0.05) is 13.3 Å². The Hall–Kier alpha value is -1.69. The third-order valence-electron chi connectivity index (χ3n) is 4.05. The quantitative estimate of drug-likeness (QED) is 0.937. The molecule has 1 saturated carbocycles. The monoisotopic (exact) mass is 306 g/mol. The summed E-state index contributed by atoms with van der Waals surface area (Å²) in [6, 6.07) is 0. The zero-order valence-electron chi connectivity index (χ0n) is 12.1. The second kappa shape index (κ2) is 5.60. The lowest BCUT2D eigenvalue weighted by Gasteiger charge is -2.27. The molecule has 1 aliphatic carbocycles. The highest BCUT2D eigenvalue weighted by molar-refractivity contribution is 7.20. The number of aromatic nitrogens is 2. The van der Waals surface area contributed by atoms with Gasteiger partial charge in [0.15, 0.2) is 0 Å². The van der Waals surface area contributed by atoms with Gasteiger partial charge in [0.25, 0.3) is 0 Å². The predicted molar refractivity (Wildman–Crippen MR) is 81.2 cm³/mol. The molecule has 2 atom stereocenters. The summed E-state index contributed by atoms with van der Waals surface area (Å²) in [5.41, 5.74) is 0.696. The molecule has 1 N–H and O–H groups in total. The molecule has 6 heteroatoms. The van der Waals surface area contributed by atoms with Crippen molar-refractivity contribution in [1.82, 2.24) is 9.97 Å². The maximum atomic E-state index is 11.3. The third kappa shape index (κ3) is 2.72. The van der Waals surface area contributed by atoms with Crippen LogP contribution in [0.1, 0.15) is 47.8 Å². The number of aryl methyl sites for hydroxylation is 1. The zero-order valence-corrected chi connectivity index (χ0v) is 12.9. The average molecular weight is 306 g/mol. The molecule has 0 bridgehead atoms. The summed E-state index contributed by atoms with van der Waals surface area (Å²) in [5, 5.41) is 9.98. The van der Waals surface area contributed by atoms with E-state index in [4.69, 9.17) is 4.74 Å². The molecule has 1 aliphatic rings. The topological polar surface area (TPSA) is 72.3 Å². The minimum atomic E-state index is -0.923. The van der Waals surface area contributed by atoms with E-state index in [1.165, 1.54) is 30.5 Å². The van der Waals surface area contributed by atoms with Crippen molar-refractivity contribution >= 4 is 27.5 Å². The van der Waals surface area contributed by atoms with E-state index in [9.17, 15) is 9.90 Å². The van der Waals surface area contributed by atoms with Crippen LogP contribution in [0.15, 0.2) is 6.33 Å². The highest BCUT2D eigenvalue weighted by atomic mass is 32.1. The number of aromatic carboxylic acids is 1. The summed E-state index contributed by atoms with van der Waals surface area (Å²) in [6.45, 7) is 4.03. The summed E-state index contributed by atoms with van der Waals surface area (Å²) in [5.74, 6) is 0.271. The highest BCUT2D eigenvalue weighted by Crippen LogP contribution is 2.36. The van der Waals surface area contributed by atoms with Gasteiger partial charge in [0, 0.05) is 0 Å². The molecule has 0 amide bonds. The van der Waals surface area contributed by atoms with E-state index in [1.807, 2.05) is 0 Å². The second-order valence-corrected chi connectivity index (χ2v) is 6.73. The first kappa shape index (κ1) is 14.3. The van der Waals surface area contributed by atoms with Crippen LogP contribution in [0.25, 0.3) is 10.2 Å². The summed E-state index contributed by atoms with van der Waals surface area (Å²) in [7, 11) is 0. The standard InChI is InChI=1S/C15H18N2O3S/c1-8-4-3-5-10(6-8)20-13-11-9(2)12(15(18)19)21-14(11)17-7-16-13/h7-8,10H,3-6H2,1-2H3,(H,18,19). The molecule has 1 fully saturated rings. The maximum Gasteiger partial charge on any atom is 0.346 e. The lowest BCUT2D eigenvalue weighted by molar-refractivity contribution is 0.0701. The van der Waals surface area contributed by atoms with Crippen molar-refractivity contribution in [2.75, 3.05) is 0 Å². The van der Waals surface area contributed by atoms with Crippen LogP contribution in [0.3, 0.4) is 0 Å². The van der Waals surface area contributed by atoms with Crippen LogP contribution >= 0.6 is 11.3 Å². The van der Waals surface area contributed by atoms with Gasteiger partial charge < -0.3 is 9.84 Å². The van der Waals surface area contributed by atoms with Crippen LogP contribution in [-0.4, -0.2) is 27.1 Å². The first-order chi connectivity index (χ1) is 10.1. The molecule has 0 saturated heterocycles. The highest BCUT2D eigenvalue weighted by Gasteiger charge is 2.24. The smallest absolute Gasteiger partial charge is 0.346 e. The van der Waals surface area contributed by atoms with Gasteiger partial charge in [-0.3, -0.25) is 0 Å². The molecule has 0 radical (unpaired) electrons. The molecular weight excluding hydrogens is 288 g/mol. The Kier molecular flexibility index (Phi) is 3.80. The van der Waals surface area contributed by atoms with Crippen LogP contribution in [0.2, 0.25) is 0 Å². The molecule has 112 valence electrons. The Balaban J connectivity index is 1.96. The molecule has 2 aromatic rings. The minimum Gasteiger partial charge on any atom is -0.477 e. The van der Waals surface area contributed by atoms with Gasteiger partial charge in [0.2, 0.25) is 5.88 Å². The Labute approximate surface area is 127 Å². The summed E-state index contributed by atoms with van der Waals surface area (Å²) in [4.78, 5) is 20.7. The molecule has 2 unspecified atom stereocenters. The van der Waals surface area contributed by atoms with Crippen molar-refractivity contribution in [1.29, 1.82) is 0 Å². The minimum absolute atomic E-state index is 0.166. The summed E-state index contributed by atoms with van der Waals surface area (Å²) < 4.78 is 6.08. The maximum absolute atomic E-state index is 11.3. The molecule has 0 aromatic carbocycles. The number of carboxylic acids is 1. The van der Waals surface area contributed by atoms with E-state index in [2.05, 4.69) is 16.9 Å². The molecule has 2 heterocycles. The number of carbonyl (C=O) groups is 1. The van der Waals surface area contributed by atoms with Crippen molar-refractivity contribution in [3.05, 3.63) is 16.8 Å². The van der Waals surface area contributed by atoms with E-state index in [0.29, 0.717) is 27.1 Å². The summed E-state index contributed by atoms with van der Waals surface area (Å²) in [6.07, 6.45) is 6.10. The van der Waals surface area contributed by atoms with Gasteiger partial charge in [-0.25, -0.2) is 14.8 Å². The first-order valence-corrected chi connectivity index (χ1v) is 8.02. The van der Waals surface area contributed by atoms with Crippen molar-refractivity contribution in [2.45, 2.75) is 45.6 Å². The van der Waals surface area contributed by atoms with Gasteiger partial charge in [-0.2, -0.15) is 0 Å². The number of ether oxygens (including phenoxy) is 1. The van der Waals surface area contributed by atoms with E-state index in [0.717, 1.165) is 18.2 Å². The number of carboxylic acid groups (broad SMARTS) is 1. The number of rotatable bonds is 3. The van der Waals surface area contributed by atoms with Crippen LogP contribution < -0.4 is 4.74 Å². The average Bonchev–Trinajstić information content (AvgIpc) is 2.77. The predicted octanol–water partition coefficient (Wildman–Crippen LogP) is 3.66. The van der Waals surface area contributed by atoms with E-state index < -0.39 is 5.97 Å². The lowest BCUT2D eigenvalue weighted by atomic mass is 9.89. The fraction of sp³-hybridized carbons (Fsp3) is 0.533. The van der Waals surface area contributed by atoms with Crippen molar-refractivity contribution in [2.24, 2.45) is 5.92 Å². The van der Waals surface area contributed by atoms with Crippen LogP contribution in [-0.2, 0) is 0 Å². The number of thiophene rings is 1. The van der Waals surface area contributed by atoms with Crippen molar-refractivity contribution < 1.29 is 14.6 Å². The number of hydrogen-bond acceptors (Lipinski definition) is 5. The Bertz CT molecular complexity index is 683.